The van der Waals surface area contributed by atoms with E-state index in [1.54, 1.807) is 10.7 Å². The Kier molecular flexibility index (Phi) is 3.22. The van der Waals surface area contributed by atoms with Gasteiger partial charge >= 0.3 is 5.97 Å². The molecule has 0 saturated heterocycles. The zero-order valence-corrected chi connectivity index (χ0v) is 10.0. The summed E-state index contributed by atoms with van der Waals surface area (Å²) in [6, 6.07) is 4.85. The van der Waals surface area contributed by atoms with Crippen molar-refractivity contribution in [2.75, 3.05) is 5.32 Å². The quantitative estimate of drug-likeness (QED) is 0.839. The van der Waals surface area contributed by atoms with Crippen molar-refractivity contribution >= 4 is 11.8 Å². The van der Waals surface area contributed by atoms with Crippen molar-refractivity contribution in [3.05, 3.63) is 35.8 Å². The Bertz CT molecular complexity index is 549. The van der Waals surface area contributed by atoms with Crippen LogP contribution in [0.2, 0.25) is 0 Å². The van der Waals surface area contributed by atoms with E-state index in [4.69, 9.17) is 5.11 Å². The van der Waals surface area contributed by atoms with Crippen LogP contribution in [0.5, 0.6) is 0 Å². The minimum atomic E-state index is -1.09. The van der Waals surface area contributed by atoms with Crippen LogP contribution in [0.25, 0.3) is 0 Å². The average Bonchev–Trinajstić information content (AvgIpc) is 2.76. The molecule has 94 valence electrons. The minimum absolute atomic E-state index is 0.0313. The SMILES string of the molecule is C[C@@H](Nc1ccc(C(=O)O)nn1)c1ccn(C)n1. The smallest absolute Gasteiger partial charge is 0.356 e. The van der Waals surface area contributed by atoms with E-state index in [0.29, 0.717) is 5.82 Å². The van der Waals surface area contributed by atoms with Gasteiger partial charge in [0.2, 0.25) is 0 Å². The van der Waals surface area contributed by atoms with Gasteiger partial charge in [0, 0.05) is 13.2 Å². The Morgan fingerprint density at radius 2 is 2.17 bits per heavy atom. The van der Waals surface area contributed by atoms with Crippen molar-refractivity contribution in [3.8, 4) is 0 Å². The van der Waals surface area contributed by atoms with E-state index in [1.807, 2.05) is 26.2 Å². The zero-order valence-electron chi connectivity index (χ0n) is 10.0. The van der Waals surface area contributed by atoms with Gasteiger partial charge in [0.05, 0.1) is 11.7 Å². The van der Waals surface area contributed by atoms with Crippen LogP contribution < -0.4 is 5.32 Å². The van der Waals surface area contributed by atoms with Crippen molar-refractivity contribution in [3.63, 3.8) is 0 Å². The van der Waals surface area contributed by atoms with E-state index < -0.39 is 5.97 Å². The van der Waals surface area contributed by atoms with Crippen LogP contribution in [0, 0.1) is 0 Å². The summed E-state index contributed by atoms with van der Waals surface area (Å²) in [6.45, 7) is 1.94. The lowest BCUT2D eigenvalue weighted by Crippen LogP contribution is -2.11. The van der Waals surface area contributed by atoms with Gasteiger partial charge in [-0.15, -0.1) is 10.2 Å². The average molecular weight is 247 g/mol. The van der Waals surface area contributed by atoms with Crippen LogP contribution in [-0.4, -0.2) is 31.1 Å². The Morgan fingerprint density at radius 1 is 1.39 bits per heavy atom. The lowest BCUT2D eigenvalue weighted by atomic mass is 10.2. The maximum absolute atomic E-state index is 10.6. The fourth-order valence-corrected chi connectivity index (χ4v) is 1.48. The topological polar surface area (TPSA) is 92.9 Å². The molecule has 0 spiro atoms. The number of anilines is 1. The number of carboxylic acids is 1. The molecule has 7 heteroatoms. The zero-order chi connectivity index (χ0) is 13.1. The molecule has 0 fully saturated rings. The molecular formula is C11H13N5O2. The molecule has 0 saturated carbocycles. The van der Waals surface area contributed by atoms with Gasteiger partial charge in [0.25, 0.3) is 0 Å². The van der Waals surface area contributed by atoms with Gasteiger partial charge in [-0.1, -0.05) is 0 Å². The minimum Gasteiger partial charge on any atom is -0.476 e. The molecule has 2 heterocycles. The Balaban J connectivity index is 2.07. The van der Waals surface area contributed by atoms with Gasteiger partial charge in [-0.25, -0.2) is 4.79 Å². The molecule has 2 aromatic heterocycles. The van der Waals surface area contributed by atoms with Gasteiger partial charge in [0.15, 0.2) is 5.69 Å². The second-order valence-electron chi connectivity index (χ2n) is 3.89. The molecule has 0 unspecified atom stereocenters. The molecule has 0 aromatic carbocycles. The summed E-state index contributed by atoms with van der Waals surface area (Å²) >= 11 is 0. The summed E-state index contributed by atoms with van der Waals surface area (Å²) in [5.41, 5.74) is 0.799. The van der Waals surface area contributed by atoms with Gasteiger partial charge in [-0.3, -0.25) is 4.68 Å². The largest absolute Gasteiger partial charge is 0.476 e. The van der Waals surface area contributed by atoms with Crippen molar-refractivity contribution in [1.82, 2.24) is 20.0 Å². The summed E-state index contributed by atoms with van der Waals surface area (Å²) in [4.78, 5) is 10.6. The molecule has 0 aliphatic heterocycles. The number of carboxylic acid groups (broad SMARTS) is 1. The number of rotatable bonds is 4. The van der Waals surface area contributed by atoms with E-state index >= 15 is 0 Å². The molecule has 0 bridgehead atoms. The number of nitrogens with zero attached hydrogens (tertiary/aromatic N) is 4. The molecule has 18 heavy (non-hydrogen) atoms. The Labute approximate surface area is 103 Å². The molecular weight excluding hydrogens is 234 g/mol. The highest BCUT2D eigenvalue weighted by molar-refractivity contribution is 5.85. The first-order chi connectivity index (χ1) is 8.56. The molecule has 1 atom stereocenters. The van der Waals surface area contributed by atoms with Gasteiger partial charge in [0.1, 0.15) is 5.82 Å². The van der Waals surface area contributed by atoms with Crippen molar-refractivity contribution < 1.29 is 9.90 Å². The normalized spacial score (nSPS) is 12.1. The van der Waals surface area contributed by atoms with E-state index in [2.05, 4.69) is 20.6 Å². The molecule has 0 radical (unpaired) electrons. The standard InChI is InChI=1S/C11H13N5O2/c1-7(8-5-6-16(2)15-8)12-10-4-3-9(11(17)18)13-14-10/h3-7H,1-2H3,(H,12,14)(H,17,18)/t7-/m1/s1. The first kappa shape index (κ1) is 12.0. The Hall–Kier alpha value is -2.44. The van der Waals surface area contributed by atoms with Gasteiger partial charge < -0.3 is 10.4 Å². The van der Waals surface area contributed by atoms with Crippen LogP contribution in [0.15, 0.2) is 24.4 Å². The first-order valence-electron chi connectivity index (χ1n) is 5.39. The second-order valence-corrected chi connectivity index (χ2v) is 3.89. The fraction of sp³-hybridized carbons (Fsp3) is 0.273. The van der Waals surface area contributed by atoms with Crippen LogP contribution >= 0.6 is 0 Å². The number of aromatic carboxylic acids is 1. The van der Waals surface area contributed by atoms with E-state index in [9.17, 15) is 4.79 Å². The summed E-state index contributed by atoms with van der Waals surface area (Å²) in [5.74, 6) is -0.579. The number of hydrogen-bond acceptors (Lipinski definition) is 5. The predicted molar refractivity (Wildman–Crippen MR) is 64.2 cm³/mol. The van der Waals surface area contributed by atoms with E-state index in [1.165, 1.54) is 6.07 Å². The summed E-state index contributed by atoms with van der Waals surface area (Å²) in [6.07, 6.45) is 1.85. The van der Waals surface area contributed by atoms with Crippen molar-refractivity contribution in [2.45, 2.75) is 13.0 Å². The van der Waals surface area contributed by atoms with Crippen LogP contribution in [-0.2, 0) is 7.05 Å². The third kappa shape index (κ3) is 2.62. The first-order valence-corrected chi connectivity index (χ1v) is 5.39. The van der Waals surface area contributed by atoms with Crippen molar-refractivity contribution in [2.24, 2.45) is 7.05 Å². The third-order valence-corrected chi connectivity index (χ3v) is 2.43. The highest BCUT2D eigenvalue weighted by Gasteiger charge is 2.10. The molecule has 7 nitrogen and oxygen atoms in total. The maximum atomic E-state index is 10.6. The number of nitrogens with one attached hydrogen (secondary N) is 1. The summed E-state index contributed by atoms with van der Waals surface area (Å²) in [5, 5.41) is 23.5. The third-order valence-electron chi connectivity index (χ3n) is 2.43. The molecule has 2 rings (SSSR count). The van der Waals surface area contributed by atoms with Crippen LogP contribution in [0.4, 0.5) is 5.82 Å². The number of aromatic nitrogens is 4. The highest BCUT2D eigenvalue weighted by atomic mass is 16.4. The molecule has 2 aromatic rings. The second kappa shape index (κ2) is 4.82. The number of hydrogen-bond donors (Lipinski definition) is 2. The van der Waals surface area contributed by atoms with Crippen molar-refractivity contribution in [1.29, 1.82) is 0 Å². The predicted octanol–water partition coefficient (Wildman–Crippen LogP) is 1.08. The van der Waals surface area contributed by atoms with Crippen LogP contribution in [0.3, 0.4) is 0 Å². The molecule has 0 aliphatic rings. The summed E-state index contributed by atoms with van der Waals surface area (Å²) in [7, 11) is 1.84. The Morgan fingerprint density at radius 3 is 2.67 bits per heavy atom. The lowest BCUT2D eigenvalue weighted by Gasteiger charge is -2.11. The van der Waals surface area contributed by atoms with E-state index in [0.717, 1.165) is 5.69 Å². The monoisotopic (exact) mass is 247 g/mol. The molecule has 0 amide bonds. The molecule has 0 aliphatic carbocycles. The molecule has 2 N–H and O–H groups in total. The maximum Gasteiger partial charge on any atom is 0.356 e. The van der Waals surface area contributed by atoms with Gasteiger partial charge in [-0.2, -0.15) is 5.10 Å². The highest BCUT2D eigenvalue weighted by Crippen LogP contribution is 2.15. The number of aryl methyl sites for hydroxylation is 1. The van der Waals surface area contributed by atoms with Crippen LogP contribution in [0.1, 0.15) is 29.1 Å². The van der Waals surface area contributed by atoms with E-state index in [-0.39, 0.29) is 11.7 Å². The van der Waals surface area contributed by atoms with Gasteiger partial charge in [-0.05, 0) is 25.1 Å². The lowest BCUT2D eigenvalue weighted by molar-refractivity contribution is 0.0689. The number of carbonyl (C=O) groups is 1. The summed E-state index contributed by atoms with van der Waals surface area (Å²) < 4.78 is 1.71. The fourth-order valence-electron chi connectivity index (χ4n) is 1.48.